The smallest absolute Gasteiger partial charge is 0.165 e. The van der Waals surface area contributed by atoms with Gasteiger partial charge in [-0.1, -0.05) is 0 Å². The lowest BCUT2D eigenvalue weighted by molar-refractivity contribution is 0.0915. The predicted octanol–water partition coefficient (Wildman–Crippen LogP) is 0.751. The summed E-state index contributed by atoms with van der Waals surface area (Å²) in [6, 6.07) is 4.86. The Morgan fingerprint density at radius 2 is 2.36 bits per heavy atom. The second kappa shape index (κ2) is 3.75. The van der Waals surface area contributed by atoms with Crippen molar-refractivity contribution in [2.75, 3.05) is 20.2 Å². The predicted molar refractivity (Wildman–Crippen MR) is 51.9 cm³/mol. The molecule has 14 heavy (non-hydrogen) atoms. The molecular weight excluding hydrogens is 182 g/mol. The number of rotatable bonds is 2. The molecule has 4 heteroatoms. The van der Waals surface area contributed by atoms with E-state index in [1.807, 2.05) is 7.05 Å². The van der Waals surface area contributed by atoms with E-state index in [2.05, 4.69) is 5.32 Å². The minimum atomic E-state index is 0.0389. The molecule has 0 spiro atoms. The minimum Gasteiger partial charge on any atom is -0.508 e. The van der Waals surface area contributed by atoms with Crippen molar-refractivity contribution in [2.24, 2.45) is 0 Å². The SMILES string of the molecule is CNCC1COc2cc(O)ccc2O1. The first-order chi connectivity index (χ1) is 6.79. The van der Waals surface area contributed by atoms with Crippen LogP contribution >= 0.6 is 0 Å². The zero-order valence-corrected chi connectivity index (χ0v) is 7.99. The quantitative estimate of drug-likeness (QED) is 0.731. The number of phenolic OH excluding ortho intramolecular Hbond substituents is 1. The standard InChI is InChI=1S/C10H13NO3/c1-11-5-8-6-13-10-4-7(12)2-3-9(10)14-8/h2-4,8,11-12H,5-6H2,1H3. The molecule has 1 aromatic rings. The van der Waals surface area contributed by atoms with E-state index in [0.717, 1.165) is 6.54 Å². The third kappa shape index (κ3) is 1.75. The molecule has 76 valence electrons. The van der Waals surface area contributed by atoms with Gasteiger partial charge >= 0.3 is 0 Å². The fraction of sp³-hybridized carbons (Fsp3) is 0.400. The van der Waals surface area contributed by atoms with Crippen molar-refractivity contribution < 1.29 is 14.6 Å². The van der Waals surface area contributed by atoms with Crippen LogP contribution in [0.25, 0.3) is 0 Å². The van der Waals surface area contributed by atoms with Crippen LogP contribution in [-0.4, -0.2) is 31.4 Å². The summed E-state index contributed by atoms with van der Waals surface area (Å²) in [4.78, 5) is 0. The zero-order valence-electron chi connectivity index (χ0n) is 7.99. The molecule has 1 aliphatic rings. The Morgan fingerprint density at radius 1 is 1.50 bits per heavy atom. The van der Waals surface area contributed by atoms with Crippen LogP contribution in [-0.2, 0) is 0 Å². The topological polar surface area (TPSA) is 50.7 Å². The van der Waals surface area contributed by atoms with Gasteiger partial charge < -0.3 is 19.9 Å². The normalized spacial score (nSPS) is 19.4. The Hall–Kier alpha value is -1.42. The van der Waals surface area contributed by atoms with Crippen molar-refractivity contribution >= 4 is 0 Å². The highest BCUT2D eigenvalue weighted by Crippen LogP contribution is 2.34. The number of phenols is 1. The van der Waals surface area contributed by atoms with Crippen LogP contribution < -0.4 is 14.8 Å². The van der Waals surface area contributed by atoms with Gasteiger partial charge in [0, 0.05) is 12.6 Å². The second-order valence-electron chi connectivity index (χ2n) is 3.24. The van der Waals surface area contributed by atoms with E-state index < -0.39 is 0 Å². The summed E-state index contributed by atoms with van der Waals surface area (Å²) in [6.45, 7) is 1.26. The summed E-state index contributed by atoms with van der Waals surface area (Å²) in [5.74, 6) is 1.49. The largest absolute Gasteiger partial charge is 0.508 e. The number of ether oxygens (including phenoxy) is 2. The van der Waals surface area contributed by atoms with Gasteiger partial charge in [-0.05, 0) is 19.2 Å². The Bertz CT molecular complexity index is 327. The van der Waals surface area contributed by atoms with Crippen LogP contribution in [0.2, 0.25) is 0 Å². The van der Waals surface area contributed by atoms with Crippen molar-refractivity contribution in [3.05, 3.63) is 18.2 Å². The average molecular weight is 195 g/mol. The first-order valence-corrected chi connectivity index (χ1v) is 4.56. The minimum absolute atomic E-state index is 0.0389. The molecule has 0 aliphatic carbocycles. The Balaban J connectivity index is 2.15. The van der Waals surface area contributed by atoms with Gasteiger partial charge in [-0.3, -0.25) is 0 Å². The summed E-state index contributed by atoms with van der Waals surface area (Å²) in [7, 11) is 1.87. The van der Waals surface area contributed by atoms with E-state index in [1.165, 1.54) is 0 Å². The number of hydrogen-bond acceptors (Lipinski definition) is 4. The van der Waals surface area contributed by atoms with E-state index in [9.17, 15) is 5.11 Å². The molecule has 0 bridgehead atoms. The van der Waals surface area contributed by atoms with Gasteiger partial charge in [0.25, 0.3) is 0 Å². The molecule has 0 aromatic heterocycles. The molecule has 2 rings (SSSR count). The summed E-state index contributed by atoms with van der Waals surface area (Å²) in [6.07, 6.45) is 0.0389. The van der Waals surface area contributed by atoms with Gasteiger partial charge in [-0.2, -0.15) is 0 Å². The van der Waals surface area contributed by atoms with Gasteiger partial charge in [0.05, 0.1) is 0 Å². The monoisotopic (exact) mass is 195 g/mol. The Kier molecular flexibility index (Phi) is 2.45. The van der Waals surface area contributed by atoms with Crippen molar-refractivity contribution in [3.8, 4) is 17.2 Å². The first-order valence-electron chi connectivity index (χ1n) is 4.56. The molecule has 2 N–H and O–H groups in total. The van der Waals surface area contributed by atoms with E-state index >= 15 is 0 Å². The first kappa shape index (κ1) is 9.15. The summed E-state index contributed by atoms with van der Waals surface area (Å²) in [5.41, 5.74) is 0. The average Bonchev–Trinajstić information content (AvgIpc) is 2.19. The van der Waals surface area contributed by atoms with Gasteiger partial charge in [-0.25, -0.2) is 0 Å². The zero-order chi connectivity index (χ0) is 9.97. The van der Waals surface area contributed by atoms with Crippen LogP contribution in [0, 0.1) is 0 Å². The van der Waals surface area contributed by atoms with Gasteiger partial charge in [0.1, 0.15) is 18.5 Å². The van der Waals surface area contributed by atoms with Crippen LogP contribution in [0.3, 0.4) is 0 Å². The molecule has 1 heterocycles. The molecule has 0 saturated heterocycles. The van der Waals surface area contributed by atoms with Crippen molar-refractivity contribution in [2.45, 2.75) is 6.10 Å². The molecule has 4 nitrogen and oxygen atoms in total. The number of aromatic hydroxyl groups is 1. The van der Waals surface area contributed by atoms with Crippen LogP contribution in [0.1, 0.15) is 0 Å². The number of hydrogen-bond donors (Lipinski definition) is 2. The maximum absolute atomic E-state index is 9.21. The van der Waals surface area contributed by atoms with Crippen LogP contribution in [0.4, 0.5) is 0 Å². The van der Waals surface area contributed by atoms with Gasteiger partial charge in [0.2, 0.25) is 0 Å². The maximum Gasteiger partial charge on any atom is 0.165 e. The van der Waals surface area contributed by atoms with Crippen LogP contribution in [0.5, 0.6) is 17.2 Å². The molecule has 1 aromatic carbocycles. The number of fused-ring (bicyclic) bond motifs is 1. The van der Waals surface area contributed by atoms with E-state index in [1.54, 1.807) is 18.2 Å². The summed E-state index contributed by atoms with van der Waals surface area (Å²) >= 11 is 0. The van der Waals surface area contributed by atoms with Crippen molar-refractivity contribution in [3.63, 3.8) is 0 Å². The fourth-order valence-electron chi connectivity index (χ4n) is 1.43. The molecule has 0 amide bonds. The van der Waals surface area contributed by atoms with Crippen LogP contribution in [0.15, 0.2) is 18.2 Å². The van der Waals surface area contributed by atoms with E-state index in [-0.39, 0.29) is 11.9 Å². The molecule has 1 unspecified atom stereocenters. The lowest BCUT2D eigenvalue weighted by Gasteiger charge is -2.26. The maximum atomic E-state index is 9.21. The third-order valence-corrected chi connectivity index (χ3v) is 2.08. The van der Waals surface area contributed by atoms with Gasteiger partial charge in [0.15, 0.2) is 11.5 Å². The third-order valence-electron chi connectivity index (χ3n) is 2.08. The highest BCUT2D eigenvalue weighted by molar-refractivity contribution is 5.45. The van der Waals surface area contributed by atoms with Crippen molar-refractivity contribution in [1.82, 2.24) is 5.32 Å². The number of nitrogens with one attached hydrogen (secondary N) is 1. The number of likely N-dealkylation sites (N-methyl/N-ethyl adjacent to an activating group) is 1. The highest BCUT2D eigenvalue weighted by Gasteiger charge is 2.20. The summed E-state index contributed by atoms with van der Waals surface area (Å²) in [5, 5.41) is 12.2. The molecule has 1 atom stereocenters. The fourth-order valence-corrected chi connectivity index (χ4v) is 1.43. The number of benzene rings is 1. The lowest BCUT2D eigenvalue weighted by atomic mass is 10.2. The van der Waals surface area contributed by atoms with E-state index in [4.69, 9.17) is 9.47 Å². The van der Waals surface area contributed by atoms with Gasteiger partial charge in [-0.15, -0.1) is 0 Å². The Morgan fingerprint density at radius 3 is 3.14 bits per heavy atom. The Labute approximate surface area is 82.5 Å². The molecule has 0 saturated carbocycles. The molecular formula is C10H13NO3. The molecule has 1 aliphatic heterocycles. The molecule has 0 fully saturated rings. The van der Waals surface area contributed by atoms with E-state index in [0.29, 0.717) is 18.1 Å². The summed E-state index contributed by atoms with van der Waals surface area (Å²) < 4.78 is 11.1. The lowest BCUT2D eigenvalue weighted by Crippen LogP contribution is -2.37. The van der Waals surface area contributed by atoms with Crippen molar-refractivity contribution in [1.29, 1.82) is 0 Å². The molecule has 0 radical (unpaired) electrons. The second-order valence-corrected chi connectivity index (χ2v) is 3.24. The highest BCUT2D eigenvalue weighted by atomic mass is 16.6.